The molecule has 0 radical (unpaired) electrons. The number of nitriles is 1. The van der Waals surface area contributed by atoms with Crippen molar-refractivity contribution in [2.24, 2.45) is 0 Å². The molecule has 1 saturated heterocycles. The van der Waals surface area contributed by atoms with E-state index in [9.17, 15) is 4.79 Å². The molecule has 0 spiro atoms. The Morgan fingerprint density at radius 2 is 1.94 bits per heavy atom. The predicted octanol–water partition coefficient (Wildman–Crippen LogP) is 3.49. The smallest absolute Gasteiger partial charge is 0.261 e. The quantitative estimate of drug-likeness (QED) is 0.535. The molecule has 0 saturated carbocycles. The second-order valence-corrected chi connectivity index (χ2v) is 7.47. The van der Waals surface area contributed by atoms with Gasteiger partial charge in [0.2, 0.25) is 0 Å². The molecular formula is C24H23N5O2. The van der Waals surface area contributed by atoms with Gasteiger partial charge in [0.05, 0.1) is 17.2 Å². The summed E-state index contributed by atoms with van der Waals surface area (Å²) in [4.78, 5) is 20.1. The van der Waals surface area contributed by atoms with Crippen molar-refractivity contribution in [2.45, 2.75) is 25.3 Å². The summed E-state index contributed by atoms with van der Waals surface area (Å²) >= 11 is 0. The number of benzene rings is 2. The molecule has 4 rings (SSSR count). The molecule has 3 aromatic rings. The molecule has 2 heterocycles. The van der Waals surface area contributed by atoms with Crippen LogP contribution in [0.15, 0.2) is 53.3 Å². The summed E-state index contributed by atoms with van der Waals surface area (Å²) in [6, 6.07) is 17.7. The Hall–Kier alpha value is -3.76. The fourth-order valence-corrected chi connectivity index (χ4v) is 3.75. The number of nitrogens with zero attached hydrogens (tertiary/aromatic N) is 2. The number of aromatic amines is 1. The highest BCUT2D eigenvalue weighted by atomic mass is 16.5. The van der Waals surface area contributed by atoms with Crippen molar-refractivity contribution in [1.82, 2.24) is 9.97 Å². The number of anilines is 1. The van der Waals surface area contributed by atoms with Gasteiger partial charge < -0.3 is 20.4 Å². The van der Waals surface area contributed by atoms with E-state index in [1.807, 2.05) is 36.4 Å². The fraction of sp³-hybridized carbons (Fsp3) is 0.250. The van der Waals surface area contributed by atoms with E-state index in [0.29, 0.717) is 36.8 Å². The molecule has 7 nitrogen and oxygen atoms in total. The summed E-state index contributed by atoms with van der Waals surface area (Å²) in [5.74, 6) is 0.975. The van der Waals surface area contributed by atoms with Crippen molar-refractivity contribution < 1.29 is 4.74 Å². The third kappa shape index (κ3) is 4.71. The van der Waals surface area contributed by atoms with Crippen LogP contribution in [-0.4, -0.2) is 35.4 Å². The van der Waals surface area contributed by atoms with Gasteiger partial charge in [0.15, 0.2) is 0 Å². The minimum absolute atomic E-state index is 0.167. The van der Waals surface area contributed by atoms with Gasteiger partial charge in [0.25, 0.3) is 5.56 Å². The molecule has 1 aliphatic rings. The van der Waals surface area contributed by atoms with Gasteiger partial charge in [-0.05, 0) is 41.7 Å². The van der Waals surface area contributed by atoms with Gasteiger partial charge in [-0.15, -0.1) is 0 Å². The minimum atomic E-state index is -0.328. The SMILES string of the molecule is N#Cc1ccc(-c2ccccc2Cc2nc(NC3CCOCC3)c(C=N)c(=O)[nH]2)cc1. The molecule has 0 unspecified atom stereocenters. The first-order chi connectivity index (χ1) is 15.2. The van der Waals surface area contributed by atoms with Crippen LogP contribution in [-0.2, 0) is 11.2 Å². The molecule has 7 heteroatoms. The molecular weight excluding hydrogens is 390 g/mol. The lowest BCUT2D eigenvalue weighted by Crippen LogP contribution is -2.30. The molecule has 0 bridgehead atoms. The van der Waals surface area contributed by atoms with Crippen molar-refractivity contribution in [3.8, 4) is 17.2 Å². The molecule has 2 aromatic carbocycles. The largest absolute Gasteiger partial charge is 0.381 e. The van der Waals surface area contributed by atoms with Crippen molar-refractivity contribution >= 4 is 12.0 Å². The van der Waals surface area contributed by atoms with Crippen LogP contribution in [0.1, 0.15) is 35.4 Å². The zero-order valence-corrected chi connectivity index (χ0v) is 17.0. The first-order valence-electron chi connectivity index (χ1n) is 10.2. The molecule has 3 N–H and O–H groups in total. The average molecular weight is 413 g/mol. The zero-order chi connectivity index (χ0) is 21.6. The highest BCUT2D eigenvalue weighted by Gasteiger charge is 2.18. The number of nitrogens with one attached hydrogen (secondary N) is 3. The second kappa shape index (κ2) is 9.37. The van der Waals surface area contributed by atoms with Gasteiger partial charge in [-0.1, -0.05) is 36.4 Å². The number of H-pyrrole nitrogens is 1. The topological polar surface area (TPSA) is 115 Å². The van der Waals surface area contributed by atoms with Crippen LogP contribution in [0.3, 0.4) is 0 Å². The van der Waals surface area contributed by atoms with Crippen LogP contribution in [0, 0.1) is 16.7 Å². The minimum Gasteiger partial charge on any atom is -0.381 e. The number of aromatic nitrogens is 2. The predicted molar refractivity (Wildman–Crippen MR) is 120 cm³/mol. The lowest BCUT2D eigenvalue weighted by molar-refractivity contribution is 0.0904. The first-order valence-corrected chi connectivity index (χ1v) is 10.2. The summed E-state index contributed by atoms with van der Waals surface area (Å²) < 4.78 is 5.40. The Labute approximate surface area is 180 Å². The van der Waals surface area contributed by atoms with Gasteiger partial charge in [-0.3, -0.25) is 4.79 Å². The molecule has 31 heavy (non-hydrogen) atoms. The Morgan fingerprint density at radius 1 is 1.19 bits per heavy atom. The van der Waals surface area contributed by atoms with Gasteiger partial charge in [0, 0.05) is 31.9 Å². The highest BCUT2D eigenvalue weighted by molar-refractivity contribution is 5.83. The van der Waals surface area contributed by atoms with E-state index in [4.69, 9.17) is 15.4 Å². The standard InChI is InChI=1S/C24H23N5O2/c25-14-16-5-7-17(8-6-16)20-4-2-1-3-18(20)13-22-28-23(21(15-26)24(30)29-22)27-19-9-11-31-12-10-19/h1-8,15,19,26H,9-13H2,(H2,27,28,29,30). The van der Waals surface area contributed by atoms with Crippen molar-refractivity contribution in [3.63, 3.8) is 0 Å². The maximum atomic E-state index is 12.6. The lowest BCUT2D eigenvalue weighted by Gasteiger charge is -2.24. The summed E-state index contributed by atoms with van der Waals surface area (Å²) in [7, 11) is 0. The van der Waals surface area contributed by atoms with E-state index >= 15 is 0 Å². The number of rotatable bonds is 6. The summed E-state index contributed by atoms with van der Waals surface area (Å²) in [5, 5.41) is 20.0. The maximum absolute atomic E-state index is 12.6. The summed E-state index contributed by atoms with van der Waals surface area (Å²) in [5.41, 5.74) is 3.53. The van der Waals surface area contributed by atoms with Crippen LogP contribution in [0.2, 0.25) is 0 Å². The van der Waals surface area contributed by atoms with Crippen LogP contribution in [0.4, 0.5) is 5.82 Å². The Kier molecular flexibility index (Phi) is 6.20. The van der Waals surface area contributed by atoms with Crippen LogP contribution >= 0.6 is 0 Å². The molecule has 1 aromatic heterocycles. The van der Waals surface area contributed by atoms with Crippen LogP contribution in [0.25, 0.3) is 11.1 Å². The van der Waals surface area contributed by atoms with E-state index in [1.54, 1.807) is 12.1 Å². The van der Waals surface area contributed by atoms with E-state index in [1.165, 1.54) is 0 Å². The van der Waals surface area contributed by atoms with E-state index in [-0.39, 0.29) is 17.2 Å². The monoisotopic (exact) mass is 413 g/mol. The molecule has 1 aliphatic heterocycles. The van der Waals surface area contributed by atoms with E-state index in [2.05, 4.69) is 21.4 Å². The molecule has 0 aliphatic carbocycles. The van der Waals surface area contributed by atoms with Gasteiger partial charge >= 0.3 is 0 Å². The third-order valence-electron chi connectivity index (χ3n) is 5.41. The van der Waals surface area contributed by atoms with E-state index < -0.39 is 0 Å². The maximum Gasteiger partial charge on any atom is 0.261 e. The van der Waals surface area contributed by atoms with Crippen molar-refractivity contribution in [3.05, 3.63) is 81.4 Å². The summed E-state index contributed by atoms with van der Waals surface area (Å²) in [6.07, 6.45) is 3.15. The Morgan fingerprint density at radius 3 is 2.65 bits per heavy atom. The zero-order valence-electron chi connectivity index (χ0n) is 17.0. The molecule has 156 valence electrons. The fourth-order valence-electron chi connectivity index (χ4n) is 3.75. The Bertz CT molecular complexity index is 1170. The van der Waals surface area contributed by atoms with Crippen LogP contribution < -0.4 is 10.9 Å². The first kappa shape index (κ1) is 20.5. The van der Waals surface area contributed by atoms with Crippen molar-refractivity contribution in [2.75, 3.05) is 18.5 Å². The number of ether oxygens (including phenoxy) is 1. The van der Waals surface area contributed by atoms with Gasteiger partial charge in [-0.25, -0.2) is 4.98 Å². The molecule has 1 fully saturated rings. The Balaban J connectivity index is 1.66. The van der Waals surface area contributed by atoms with Crippen molar-refractivity contribution in [1.29, 1.82) is 10.7 Å². The van der Waals surface area contributed by atoms with E-state index in [0.717, 1.165) is 35.7 Å². The molecule has 0 atom stereocenters. The molecule has 0 amide bonds. The van der Waals surface area contributed by atoms with Crippen LogP contribution in [0.5, 0.6) is 0 Å². The summed E-state index contributed by atoms with van der Waals surface area (Å²) in [6.45, 7) is 1.34. The third-order valence-corrected chi connectivity index (χ3v) is 5.41. The second-order valence-electron chi connectivity index (χ2n) is 7.47. The normalized spacial score (nSPS) is 14.0. The van der Waals surface area contributed by atoms with Gasteiger partial charge in [0.1, 0.15) is 11.6 Å². The number of hydrogen-bond donors (Lipinski definition) is 3. The average Bonchev–Trinajstić information content (AvgIpc) is 2.80. The number of hydrogen-bond acceptors (Lipinski definition) is 6. The van der Waals surface area contributed by atoms with Gasteiger partial charge in [-0.2, -0.15) is 5.26 Å². The lowest BCUT2D eigenvalue weighted by atomic mass is 9.97. The highest BCUT2D eigenvalue weighted by Crippen LogP contribution is 2.26.